The first-order valence-electron chi connectivity index (χ1n) is 6.76. The third-order valence-electron chi connectivity index (χ3n) is 4.66. The van der Waals surface area contributed by atoms with Gasteiger partial charge in [0.2, 0.25) is 0 Å². The second-order valence-electron chi connectivity index (χ2n) is 7.01. The lowest BCUT2D eigenvalue weighted by molar-refractivity contribution is 0.0221. The summed E-state index contributed by atoms with van der Waals surface area (Å²) in [5.41, 5.74) is -0.513. The van der Waals surface area contributed by atoms with E-state index in [1.165, 1.54) is 6.42 Å². The van der Waals surface area contributed by atoms with Crippen LogP contribution >= 0.6 is 0 Å². The Kier molecular flexibility index (Phi) is 4.11. The van der Waals surface area contributed by atoms with Crippen molar-refractivity contribution >= 4 is 8.32 Å². The van der Waals surface area contributed by atoms with Crippen molar-refractivity contribution in [2.24, 2.45) is 5.92 Å². The highest BCUT2D eigenvalue weighted by Gasteiger charge is 2.48. The molecule has 0 aromatic rings. The number of hydrogen-bond acceptors (Lipinski definition) is 2. The van der Waals surface area contributed by atoms with Crippen molar-refractivity contribution in [3.63, 3.8) is 0 Å². The standard InChI is InChI=1S/C14H27NOSi/c1-12-9-7-8-10-14(12,11-15)16-17(5,6)13(2,3)4/h12H,7-10H2,1-6H3. The molecule has 0 amide bonds. The first kappa shape index (κ1) is 14.7. The van der Waals surface area contributed by atoms with Crippen molar-refractivity contribution in [3.05, 3.63) is 0 Å². The largest absolute Gasteiger partial charge is 0.399 e. The summed E-state index contributed by atoms with van der Waals surface area (Å²) in [6.07, 6.45) is 4.41. The molecule has 17 heavy (non-hydrogen) atoms. The second-order valence-corrected chi connectivity index (χ2v) is 11.7. The fourth-order valence-corrected chi connectivity index (χ4v) is 3.83. The monoisotopic (exact) mass is 253 g/mol. The zero-order valence-electron chi connectivity index (χ0n) is 12.3. The van der Waals surface area contributed by atoms with Gasteiger partial charge in [-0.1, -0.05) is 34.1 Å². The van der Waals surface area contributed by atoms with Crippen molar-refractivity contribution in [3.8, 4) is 6.07 Å². The molecule has 2 unspecified atom stereocenters. The van der Waals surface area contributed by atoms with Crippen LogP contribution in [0.3, 0.4) is 0 Å². The van der Waals surface area contributed by atoms with Gasteiger partial charge in [0, 0.05) is 0 Å². The van der Waals surface area contributed by atoms with Gasteiger partial charge in [0.25, 0.3) is 0 Å². The average molecular weight is 253 g/mol. The highest BCUT2D eigenvalue weighted by molar-refractivity contribution is 6.74. The maximum absolute atomic E-state index is 9.59. The van der Waals surface area contributed by atoms with Crippen LogP contribution in [0, 0.1) is 17.2 Å². The Morgan fingerprint density at radius 3 is 2.29 bits per heavy atom. The van der Waals surface area contributed by atoms with E-state index in [1.807, 2.05) is 0 Å². The summed E-state index contributed by atoms with van der Waals surface area (Å²) < 4.78 is 6.47. The molecule has 1 saturated carbocycles. The predicted octanol–water partition coefficient (Wildman–Crippen LogP) is 4.48. The maximum Gasteiger partial charge on any atom is 0.194 e. The molecule has 0 saturated heterocycles. The Balaban J connectivity index is 2.94. The maximum atomic E-state index is 9.59. The van der Waals surface area contributed by atoms with Crippen LogP contribution in [0.1, 0.15) is 53.4 Å². The lowest BCUT2D eigenvalue weighted by atomic mass is 9.77. The van der Waals surface area contributed by atoms with Gasteiger partial charge in [-0.2, -0.15) is 5.26 Å². The molecule has 0 spiro atoms. The summed E-state index contributed by atoms with van der Waals surface area (Å²) in [6.45, 7) is 13.4. The van der Waals surface area contributed by atoms with Crippen molar-refractivity contribution in [2.75, 3.05) is 0 Å². The highest BCUT2D eigenvalue weighted by atomic mass is 28.4. The van der Waals surface area contributed by atoms with Gasteiger partial charge in [0.15, 0.2) is 8.32 Å². The van der Waals surface area contributed by atoms with Crippen LogP contribution in [0.4, 0.5) is 0 Å². The fraction of sp³-hybridized carbons (Fsp3) is 0.929. The minimum absolute atomic E-state index is 0.175. The topological polar surface area (TPSA) is 33.0 Å². The van der Waals surface area contributed by atoms with E-state index in [0.29, 0.717) is 5.92 Å². The van der Waals surface area contributed by atoms with Gasteiger partial charge >= 0.3 is 0 Å². The molecule has 1 aliphatic rings. The Bertz CT molecular complexity index is 313. The summed E-state index contributed by atoms with van der Waals surface area (Å²) in [5.74, 6) is 0.371. The number of hydrogen-bond donors (Lipinski definition) is 0. The van der Waals surface area contributed by atoms with Crippen molar-refractivity contribution in [2.45, 2.75) is 77.1 Å². The summed E-state index contributed by atoms with van der Waals surface area (Å²) >= 11 is 0. The van der Waals surface area contributed by atoms with Crippen molar-refractivity contribution in [1.29, 1.82) is 5.26 Å². The van der Waals surface area contributed by atoms with Gasteiger partial charge in [-0.15, -0.1) is 0 Å². The third kappa shape index (κ3) is 2.92. The van der Waals surface area contributed by atoms with Crippen molar-refractivity contribution in [1.82, 2.24) is 0 Å². The zero-order valence-corrected chi connectivity index (χ0v) is 13.3. The Labute approximate surface area is 107 Å². The molecule has 0 bridgehead atoms. The van der Waals surface area contributed by atoms with Crippen molar-refractivity contribution < 1.29 is 4.43 Å². The van der Waals surface area contributed by atoms with E-state index in [2.05, 4.69) is 46.9 Å². The van der Waals surface area contributed by atoms with Gasteiger partial charge in [-0.05, 0) is 43.3 Å². The molecule has 0 aromatic heterocycles. The first-order valence-corrected chi connectivity index (χ1v) is 9.67. The first-order chi connectivity index (χ1) is 7.65. The molecular weight excluding hydrogens is 226 g/mol. The number of nitriles is 1. The van der Waals surface area contributed by atoms with E-state index < -0.39 is 13.9 Å². The van der Waals surface area contributed by atoms with Gasteiger partial charge in [-0.3, -0.25) is 0 Å². The molecule has 2 nitrogen and oxygen atoms in total. The van der Waals surface area contributed by atoms with Crippen LogP contribution in [0.2, 0.25) is 18.1 Å². The molecule has 1 aliphatic carbocycles. The van der Waals surface area contributed by atoms with Gasteiger partial charge in [0.05, 0.1) is 6.07 Å². The number of nitrogens with zero attached hydrogens (tertiary/aromatic N) is 1. The van der Waals surface area contributed by atoms with Crippen LogP contribution in [-0.4, -0.2) is 13.9 Å². The minimum Gasteiger partial charge on any atom is -0.399 e. The molecular formula is C14H27NOSi. The van der Waals surface area contributed by atoms with Crippen LogP contribution in [-0.2, 0) is 4.43 Å². The zero-order chi connectivity index (χ0) is 13.3. The lowest BCUT2D eigenvalue weighted by Crippen LogP contribution is -2.53. The Hall–Kier alpha value is -0.333. The van der Waals surface area contributed by atoms with E-state index in [4.69, 9.17) is 4.43 Å². The summed E-state index contributed by atoms with van der Waals surface area (Å²) in [5, 5.41) is 9.76. The van der Waals surface area contributed by atoms with E-state index in [1.54, 1.807) is 0 Å². The molecule has 0 heterocycles. The van der Waals surface area contributed by atoms with E-state index in [-0.39, 0.29) is 5.04 Å². The lowest BCUT2D eigenvalue weighted by Gasteiger charge is -2.46. The summed E-state index contributed by atoms with van der Waals surface area (Å²) in [6, 6.07) is 2.51. The Morgan fingerprint density at radius 1 is 1.29 bits per heavy atom. The van der Waals surface area contributed by atoms with Gasteiger partial charge in [0.1, 0.15) is 5.60 Å². The van der Waals surface area contributed by atoms with E-state index in [9.17, 15) is 5.26 Å². The molecule has 1 fully saturated rings. The summed E-state index contributed by atoms with van der Waals surface area (Å²) in [4.78, 5) is 0. The van der Waals surface area contributed by atoms with Crippen LogP contribution < -0.4 is 0 Å². The molecule has 0 aliphatic heterocycles. The second kappa shape index (κ2) is 4.74. The molecule has 2 atom stereocenters. The average Bonchev–Trinajstić information content (AvgIpc) is 2.19. The Morgan fingerprint density at radius 2 is 1.88 bits per heavy atom. The van der Waals surface area contributed by atoms with Crippen LogP contribution in [0.25, 0.3) is 0 Å². The quantitative estimate of drug-likeness (QED) is 0.680. The molecule has 3 heteroatoms. The van der Waals surface area contributed by atoms with Crippen LogP contribution in [0.15, 0.2) is 0 Å². The third-order valence-corrected chi connectivity index (χ3v) is 9.15. The number of rotatable bonds is 2. The SMILES string of the molecule is CC1CCCCC1(C#N)O[Si](C)(C)C(C)(C)C. The smallest absolute Gasteiger partial charge is 0.194 e. The highest BCUT2D eigenvalue weighted by Crippen LogP contribution is 2.44. The minimum atomic E-state index is -1.85. The molecule has 0 N–H and O–H groups in total. The van der Waals surface area contributed by atoms with E-state index >= 15 is 0 Å². The molecule has 0 radical (unpaired) electrons. The fourth-order valence-electron chi connectivity index (χ4n) is 2.27. The van der Waals surface area contributed by atoms with Gasteiger partial charge in [-0.25, -0.2) is 0 Å². The van der Waals surface area contributed by atoms with Gasteiger partial charge < -0.3 is 4.43 Å². The normalized spacial score (nSPS) is 31.0. The summed E-state index contributed by atoms with van der Waals surface area (Å²) in [7, 11) is -1.85. The predicted molar refractivity (Wildman–Crippen MR) is 74.3 cm³/mol. The molecule has 0 aromatic carbocycles. The van der Waals surface area contributed by atoms with Crippen LogP contribution in [0.5, 0.6) is 0 Å². The molecule has 1 rings (SSSR count). The molecule has 98 valence electrons. The van der Waals surface area contributed by atoms with E-state index in [0.717, 1.165) is 19.3 Å².